The van der Waals surface area contributed by atoms with Crippen molar-refractivity contribution in [3.63, 3.8) is 0 Å². The number of halogens is 1. The Hall–Kier alpha value is -2.11. The molecule has 1 aromatic carbocycles. The van der Waals surface area contributed by atoms with Crippen LogP contribution in [0.15, 0.2) is 23.0 Å². The number of nitrogens with one attached hydrogen (secondary N) is 2. The summed E-state index contributed by atoms with van der Waals surface area (Å²) in [5.41, 5.74) is 0.826. The molecule has 1 amide bonds. The van der Waals surface area contributed by atoms with E-state index >= 15 is 0 Å². The highest BCUT2D eigenvalue weighted by Crippen LogP contribution is 2.28. The zero-order valence-electron chi connectivity index (χ0n) is 10.3. The number of amides is 1. The molecule has 2 aromatic rings. The van der Waals surface area contributed by atoms with Crippen LogP contribution in [0.4, 0.5) is 4.39 Å². The molecule has 100 valence electrons. The van der Waals surface area contributed by atoms with Crippen molar-refractivity contribution in [1.29, 1.82) is 0 Å². The Morgan fingerprint density at radius 2 is 2.26 bits per heavy atom. The Kier molecular flexibility index (Phi) is 2.85. The number of aromatic amines is 1. The molecule has 0 radical (unpaired) electrons. The number of aromatic nitrogens is 2. The van der Waals surface area contributed by atoms with E-state index in [1.54, 1.807) is 6.07 Å². The third-order valence-electron chi connectivity index (χ3n) is 3.32. The van der Waals surface area contributed by atoms with Gasteiger partial charge in [-0.1, -0.05) is 0 Å². The Morgan fingerprint density at radius 1 is 1.47 bits per heavy atom. The number of H-pyrrole nitrogens is 1. The summed E-state index contributed by atoms with van der Waals surface area (Å²) < 4.78 is 14.5. The van der Waals surface area contributed by atoms with Gasteiger partial charge in [0.05, 0.1) is 11.0 Å². The molecule has 0 unspecified atom stereocenters. The number of nitrogens with zero attached hydrogens (tertiary/aromatic N) is 1. The van der Waals surface area contributed by atoms with Crippen LogP contribution in [0.5, 0.6) is 0 Å². The van der Waals surface area contributed by atoms with E-state index < -0.39 is 0 Å². The summed E-state index contributed by atoms with van der Waals surface area (Å²) in [6, 6.07) is 4.16. The highest BCUT2D eigenvalue weighted by Gasteiger charge is 2.29. The lowest BCUT2D eigenvalue weighted by Crippen LogP contribution is -2.30. The summed E-state index contributed by atoms with van der Waals surface area (Å²) in [7, 11) is 0. The van der Waals surface area contributed by atoms with Gasteiger partial charge in [-0.25, -0.2) is 9.18 Å². The van der Waals surface area contributed by atoms with Crippen LogP contribution in [0.2, 0.25) is 0 Å². The first-order valence-corrected chi connectivity index (χ1v) is 6.31. The van der Waals surface area contributed by atoms with Gasteiger partial charge in [0.25, 0.3) is 0 Å². The predicted molar refractivity (Wildman–Crippen MR) is 68.3 cm³/mol. The zero-order chi connectivity index (χ0) is 13.4. The molecule has 5 nitrogen and oxygen atoms in total. The van der Waals surface area contributed by atoms with Gasteiger partial charge < -0.3 is 10.3 Å². The molecule has 2 N–H and O–H groups in total. The van der Waals surface area contributed by atoms with E-state index in [0.29, 0.717) is 24.1 Å². The summed E-state index contributed by atoms with van der Waals surface area (Å²) in [5.74, 6) is -0.171. The average Bonchev–Trinajstić information content (AvgIpc) is 3.16. The Bertz CT molecular complexity index is 685. The first-order chi connectivity index (χ1) is 9.15. The summed E-state index contributed by atoms with van der Waals surface area (Å²) in [4.78, 5) is 25.8. The van der Waals surface area contributed by atoms with Crippen molar-refractivity contribution >= 4 is 16.9 Å². The second-order valence-electron chi connectivity index (χ2n) is 4.81. The minimum absolute atomic E-state index is 0.0546. The summed E-state index contributed by atoms with van der Waals surface area (Å²) >= 11 is 0. The van der Waals surface area contributed by atoms with Gasteiger partial charge in [0, 0.05) is 19.0 Å². The molecule has 0 saturated heterocycles. The molecule has 6 heteroatoms. The number of carbonyl (C=O) groups is 1. The summed E-state index contributed by atoms with van der Waals surface area (Å²) in [5, 5.41) is 2.80. The molecular formula is C13H14FN3O2. The summed E-state index contributed by atoms with van der Waals surface area (Å²) in [6.45, 7) is 0.780. The zero-order valence-corrected chi connectivity index (χ0v) is 10.3. The third kappa shape index (κ3) is 2.38. The van der Waals surface area contributed by atoms with Crippen molar-refractivity contribution in [2.45, 2.75) is 19.4 Å². The lowest BCUT2D eigenvalue weighted by Gasteiger charge is -2.05. The van der Waals surface area contributed by atoms with Gasteiger partial charge >= 0.3 is 5.69 Å². The van der Waals surface area contributed by atoms with Gasteiger partial charge in [-0.2, -0.15) is 0 Å². The molecule has 1 aliphatic carbocycles. The molecular weight excluding hydrogens is 249 g/mol. The minimum atomic E-state index is -0.386. The lowest BCUT2D eigenvalue weighted by molar-refractivity contribution is -0.122. The fraction of sp³-hybridized carbons (Fsp3) is 0.385. The highest BCUT2D eigenvalue weighted by molar-refractivity contribution is 5.80. The minimum Gasteiger partial charge on any atom is -0.354 e. The van der Waals surface area contributed by atoms with Crippen LogP contribution in [0.25, 0.3) is 11.0 Å². The van der Waals surface area contributed by atoms with E-state index in [0.717, 1.165) is 12.8 Å². The molecule has 1 aromatic heterocycles. The maximum Gasteiger partial charge on any atom is 0.326 e. The van der Waals surface area contributed by atoms with Gasteiger partial charge in [-0.15, -0.1) is 0 Å². The molecule has 0 aliphatic heterocycles. The van der Waals surface area contributed by atoms with Crippen molar-refractivity contribution in [3.05, 3.63) is 34.5 Å². The molecule has 19 heavy (non-hydrogen) atoms. The lowest BCUT2D eigenvalue weighted by atomic mass is 10.3. The van der Waals surface area contributed by atoms with Gasteiger partial charge in [0.1, 0.15) is 5.82 Å². The van der Waals surface area contributed by atoms with Crippen molar-refractivity contribution in [1.82, 2.24) is 14.9 Å². The van der Waals surface area contributed by atoms with Gasteiger partial charge in [-0.05, 0) is 31.0 Å². The topological polar surface area (TPSA) is 66.9 Å². The Balaban J connectivity index is 1.74. The molecule has 1 fully saturated rings. The molecule has 0 atom stereocenters. The van der Waals surface area contributed by atoms with Gasteiger partial charge in [0.15, 0.2) is 0 Å². The van der Waals surface area contributed by atoms with Crippen molar-refractivity contribution in [2.75, 3.05) is 6.54 Å². The van der Waals surface area contributed by atoms with Crippen molar-refractivity contribution in [2.24, 2.45) is 5.92 Å². The van der Waals surface area contributed by atoms with Crippen LogP contribution >= 0.6 is 0 Å². The maximum atomic E-state index is 13.0. The third-order valence-corrected chi connectivity index (χ3v) is 3.32. The van der Waals surface area contributed by atoms with E-state index in [9.17, 15) is 14.0 Å². The van der Waals surface area contributed by atoms with Crippen molar-refractivity contribution in [3.8, 4) is 0 Å². The van der Waals surface area contributed by atoms with Crippen LogP contribution in [0, 0.1) is 11.7 Å². The molecule has 3 rings (SSSR count). The number of fused-ring (bicyclic) bond motifs is 1. The Labute approximate surface area is 108 Å². The predicted octanol–water partition coefficient (Wildman–Crippen LogP) is 0.995. The first kappa shape index (κ1) is 12.0. The van der Waals surface area contributed by atoms with E-state index in [1.165, 1.54) is 16.7 Å². The van der Waals surface area contributed by atoms with E-state index in [1.807, 2.05) is 0 Å². The van der Waals surface area contributed by atoms with Crippen LogP contribution in [0.3, 0.4) is 0 Å². The molecule has 1 aliphatic rings. The van der Waals surface area contributed by atoms with E-state index in [2.05, 4.69) is 10.3 Å². The van der Waals surface area contributed by atoms with E-state index in [4.69, 9.17) is 0 Å². The largest absolute Gasteiger partial charge is 0.354 e. The molecule has 0 spiro atoms. The van der Waals surface area contributed by atoms with Crippen LogP contribution < -0.4 is 11.0 Å². The normalized spacial score (nSPS) is 14.8. The maximum absolute atomic E-state index is 13.0. The van der Waals surface area contributed by atoms with Crippen molar-refractivity contribution < 1.29 is 9.18 Å². The average molecular weight is 263 g/mol. The van der Waals surface area contributed by atoms with Gasteiger partial charge in [0.2, 0.25) is 5.91 Å². The van der Waals surface area contributed by atoms with Crippen LogP contribution in [0.1, 0.15) is 12.8 Å². The highest BCUT2D eigenvalue weighted by atomic mass is 19.1. The molecule has 1 saturated carbocycles. The molecule has 1 heterocycles. The molecule has 0 bridgehead atoms. The second kappa shape index (κ2) is 4.53. The number of benzene rings is 1. The van der Waals surface area contributed by atoms with Gasteiger partial charge in [-0.3, -0.25) is 9.36 Å². The van der Waals surface area contributed by atoms with Crippen LogP contribution in [-0.4, -0.2) is 22.0 Å². The first-order valence-electron chi connectivity index (χ1n) is 6.31. The van der Waals surface area contributed by atoms with Crippen LogP contribution in [-0.2, 0) is 11.3 Å². The Morgan fingerprint density at radius 3 is 3.00 bits per heavy atom. The monoisotopic (exact) mass is 263 g/mol. The number of hydrogen-bond donors (Lipinski definition) is 2. The SMILES string of the molecule is O=C(NCCn1c(=O)[nH]c2cc(F)ccc21)C1CC1. The number of rotatable bonds is 4. The second-order valence-corrected chi connectivity index (χ2v) is 4.81. The fourth-order valence-electron chi connectivity index (χ4n) is 2.14. The quantitative estimate of drug-likeness (QED) is 0.864. The number of hydrogen-bond acceptors (Lipinski definition) is 2. The smallest absolute Gasteiger partial charge is 0.326 e. The number of carbonyl (C=O) groups excluding carboxylic acids is 1. The standard InChI is InChI=1S/C13H14FN3O2/c14-9-3-4-11-10(7-9)16-13(19)17(11)6-5-15-12(18)8-1-2-8/h3-4,7-8H,1-2,5-6H2,(H,15,18)(H,16,19). The number of imidazole rings is 1. The van der Waals surface area contributed by atoms with E-state index in [-0.39, 0.29) is 23.3 Å². The summed E-state index contributed by atoms with van der Waals surface area (Å²) in [6.07, 6.45) is 1.91. The fourth-order valence-corrected chi connectivity index (χ4v) is 2.14.